The molecule has 0 aliphatic rings. The van der Waals surface area contributed by atoms with E-state index in [1.54, 1.807) is 0 Å². The van der Waals surface area contributed by atoms with Crippen molar-refractivity contribution in [2.45, 2.75) is 26.2 Å². The molecule has 27 heavy (non-hydrogen) atoms. The van der Waals surface area contributed by atoms with Crippen molar-refractivity contribution in [1.82, 2.24) is 10.2 Å². The van der Waals surface area contributed by atoms with Crippen molar-refractivity contribution in [2.75, 3.05) is 0 Å². The molecule has 0 aliphatic heterocycles. The van der Waals surface area contributed by atoms with E-state index >= 15 is 0 Å². The van der Waals surface area contributed by atoms with E-state index in [1.165, 1.54) is 27.5 Å². The minimum Gasteiger partial charge on any atom is -0.421 e. The SMILES string of the molecule is CC(C)c1ccccc1C=Cc1nnc(Cc2cccc3ccccc23)o1. The Bertz CT molecular complexity index is 1090. The van der Waals surface area contributed by atoms with Crippen LogP contribution in [-0.4, -0.2) is 10.2 Å². The van der Waals surface area contributed by atoms with Crippen molar-refractivity contribution < 1.29 is 4.42 Å². The summed E-state index contributed by atoms with van der Waals surface area (Å²) in [6.07, 6.45) is 4.57. The third-order valence-corrected chi connectivity index (χ3v) is 4.73. The van der Waals surface area contributed by atoms with E-state index < -0.39 is 0 Å². The highest BCUT2D eigenvalue weighted by atomic mass is 16.4. The Balaban J connectivity index is 1.56. The zero-order chi connectivity index (χ0) is 18.6. The number of fused-ring (bicyclic) bond motifs is 1. The Morgan fingerprint density at radius 2 is 1.63 bits per heavy atom. The zero-order valence-electron chi connectivity index (χ0n) is 15.6. The van der Waals surface area contributed by atoms with E-state index in [4.69, 9.17) is 4.42 Å². The third-order valence-electron chi connectivity index (χ3n) is 4.73. The first-order chi connectivity index (χ1) is 13.2. The Morgan fingerprint density at radius 1 is 0.852 bits per heavy atom. The van der Waals surface area contributed by atoms with Crippen LogP contribution in [0.15, 0.2) is 71.1 Å². The number of hydrogen-bond acceptors (Lipinski definition) is 3. The summed E-state index contributed by atoms with van der Waals surface area (Å²) in [7, 11) is 0. The van der Waals surface area contributed by atoms with Gasteiger partial charge < -0.3 is 4.42 Å². The molecular weight excluding hydrogens is 332 g/mol. The molecule has 1 aromatic heterocycles. The van der Waals surface area contributed by atoms with Crippen LogP contribution in [0.25, 0.3) is 22.9 Å². The van der Waals surface area contributed by atoms with Crippen LogP contribution in [0.2, 0.25) is 0 Å². The van der Waals surface area contributed by atoms with Crippen molar-refractivity contribution in [1.29, 1.82) is 0 Å². The van der Waals surface area contributed by atoms with E-state index in [0.717, 1.165) is 0 Å². The van der Waals surface area contributed by atoms with Crippen molar-refractivity contribution >= 4 is 22.9 Å². The highest BCUT2D eigenvalue weighted by Crippen LogP contribution is 2.23. The van der Waals surface area contributed by atoms with Crippen LogP contribution in [0.3, 0.4) is 0 Å². The van der Waals surface area contributed by atoms with Gasteiger partial charge in [0, 0.05) is 6.08 Å². The molecule has 0 fully saturated rings. The van der Waals surface area contributed by atoms with Crippen molar-refractivity contribution in [3.8, 4) is 0 Å². The molecule has 0 unspecified atom stereocenters. The van der Waals surface area contributed by atoms with E-state index in [2.05, 4.69) is 84.7 Å². The van der Waals surface area contributed by atoms with Gasteiger partial charge in [0.15, 0.2) is 0 Å². The zero-order valence-corrected chi connectivity index (χ0v) is 15.6. The molecule has 0 amide bonds. The molecule has 4 rings (SSSR count). The van der Waals surface area contributed by atoms with Crippen LogP contribution in [0.4, 0.5) is 0 Å². The average Bonchev–Trinajstić information content (AvgIpc) is 3.14. The predicted molar refractivity (Wildman–Crippen MR) is 111 cm³/mol. The van der Waals surface area contributed by atoms with E-state index in [0.29, 0.717) is 24.1 Å². The van der Waals surface area contributed by atoms with Gasteiger partial charge in [-0.3, -0.25) is 0 Å². The first-order valence-electron chi connectivity index (χ1n) is 9.27. The fourth-order valence-corrected chi connectivity index (χ4v) is 3.36. The monoisotopic (exact) mass is 354 g/mol. The number of rotatable bonds is 5. The molecule has 1 heterocycles. The Hall–Kier alpha value is -3.20. The summed E-state index contributed by atoms with van der Waals surface area (Å²) in [6.45, 7) is 4.39. The fraction of sp³-hybridized carbons (Fsp3) is 0.167. The highest BCUT2D eigenvalue weighted by molar-refractivity contribution is 5.85. The van der Waals surface area contributed by atoms with Gasteiger partial charge in [0.05, 0.1) is 6.42 Å². The molecular formula is C24H22N2O. The summed E-state index contributed by atoms with van der Waals surface area (Å²) in [5, 5.41) is 10.8. The molecule has 134 valence electrons. The summed E-state index contributed by atoms with van der Waals surface area (Å²) < 4.78 is 5.85. The van der Waals surface area contributed by atoms with E-state index in [9.17, 15) is 0 Å². The number of hydrogen-bond donors (Lipinski definition) is 0. The molecule has 0 N–H and O–H groups in total. The smallest absolute Gasteiger partial charge is 0.240 e. The Labute approximate surface area is 159 Å². The molecule has 4 aromatic rings. The quantitative estimate of drug-likeness (QED) is 0.434. The minimum absolute atomic E-state index is 0.468. The molecule has 0 saturated heterocycles. The lowest BCUT2D eigenvalue weighted by molar-refractivity contribution is 0.497. The van der Waals surface area contributed by atoms with Crippen LogP contribution in [0.1, 0.15) is 48.2 Å². The van der Waals surface area contributed by atoms with Gasteiger partial charge in [0.25, 0.3) is 0 Å². The molecule has 3 nitrogen and oxygen atoms in total. The standard InChI is InChI=1S/C24H22N2O/c1-17(2)21-12-5-3-9-19(21)14-15-23-25-26-24(27-23)16-20-11-7-10-18-8-4-6-13-22(18)20/h3-15,17H,16H2,1-2H3. The molecule has 0 aliphatic carbocycles. The van der Waals surface area contributed by atoms with Crippen molar-refractivity contribution in [3.63, 3.8) is 0 Å². The molecule has 3 heteroatoms. The van der Waals surface area contributed by atoms with Gasteiger partial charge in [-0.1, -0.05) is 80.6 Å². The normalized spacial score (nSPS) is 11.7. The lowest BCUT2D eigenvalue weighted by Gasteiger charge is -2.08. The highest BCUT2D eigenvalue weighted by Gasteiger charge is 2.08. The van der Waals surface area contributed by atoms with Crippen LogP contribution in [0.5, 0.6) is 0 Å². The van der Waals surface area contributed by atoms with Gasteiger partial charge in [-0.05, 0) is 39.5 Å². The van der Waals surface area contributed by atoms with Crippen LogP contribution in [-0.2, 0) is 6.42 Å². The maximum atomic E-state index is 5.85. The van der Waals surface area contributed by atoms with Gasteiger partial charge in [-0.2, -0.15) is 0 Å². The molecule has 0 bridgehead atoms. The van der Waals surface area contributed by atoms with E-state index in [1.807, 2.05) is 18.2 Å². The maximum absolute atomic E-state index is 5.85. The fourth-order valence-electron chi connectivity index (χ4n) is 3.36. The number of aromatic nitrogens is 2. The molecule has 0 radical (unpaired) electrons. The average molecular weight is 354 g/mol. The van der Waals surface area contributed by atoms with Crippen molar-refractivity contribution in [3.05, 3.63) is 95.2 Å². The topological polar surface area (TPSA) is 38.9 Å². The largest absolute Gasteiger partial charge is 0.421 e. The van der Waals surface area contributed by atoms with Gasteiger partial charge in [-0.25, -0.2) is 0 Å². The van der Waals surface area contributed by atoms with Gasteiger partial charge in [0.1, 0.15) is 0 Å². The summed E-state index contributed by atoms with van der Waals surface area (Å²) in [4.78, 5) is 0. The first kappa shape index (κ1) is 17.2. The summed E-state index contributed by atoms with van der Waals surface area (Å²) >= 11 is 0. The lowest BCUT2D eigenvalue weighted by Crippen LogP contribution is -1.90. The summed E-state index contributed by atoms with van der Waals surface area (Å²) in [5.74, 6) is 1.63. The number of benzene rings is 3. The Kier molecular flexibility index (Phi) is 4.84. The van der Waals surface area contributed by atoms with Crippen LogP contribution < -0.4 is 0 Å². The van der Waals surface area contributed by atoms with Crippen LogP contribution in [0, 0.1) is 0 Å². The predicted octanol–water partition coefficient (Wildman–Crippen LogP) is 6.11. The second-order valence-corrected chi connectivity index (χ2v) is 6.97. The van der Waals surface area contributed by atoms with Gasteiger partial charge >= 0.3 is 0 Å². The number of nitrogens with zero attached hydrogens (tertiary/aromatic N) is 2. The van der Waals surface area contributed by atoms with E-state index in [-0.39, 0.29) is 0 Å². The minimum atomic E-state index is 0.468. The van der Waals surface area contributed by atoms with Crippen molar-refractivity contribution in [2.24, 2.45) is 0 Å². The van der Waals surface area contributed by atoms with Gasteiger partial charge in [0.2, 0.25) is 11.8 Å². The molecule has 3 aromatic carbocycles. The molecule has 0 spiro atoms. The molecule has 0 atom stereocenters. The second kappa shape index (κ2) is 7.58. The Morgan fingerprint density at radius 3 is 2.52 bits per heavy atom. The summed E-state index contributed by atoms with van der Waals surface area (Å²) in [5.41, 5.74) is 3.68. The third kappa shape index (κ3) is 3.82. The lowest BCUT2D eigenvalue weighted by atomic mass is 9.97. The first-order valence-corrected chi connectivity index (χ1v) is 9.27. The second-order valence-electron chi connectivity index (χ2n) is 6.97. The molecule has 0 saturated carbocycles. The van der Waals surface area contributed by atoms with Crippen LogP contribution >= 0.6 is 0 Å². The summed E-state index contributed by atoms with van der Waals surface area (Å²) in [6, 6.07) is 23.0. The van der Waals surface area contributed by atoms with Gasteiger partial charge in [-0.15, -0.1) is 10.2 Å². The maximum Gasteiger partial charge on any atom is 0.240 e.